The molecule has 1 heterocycles. The van der Waals surface area contributed by atoms with Crippen LogP contribution < -0.4 is 10.1 Å². The monoisotopic (exact) mass is 253 g/mol. The van der Waals surface area contributed by atoms with E-state index in [0.717, 1.165) is 25.3 Å². The zero-order chi connectivity index (χ0) is 13.2. The summed E-state index contributed by atoms with van der Waals surface area (Å²) in [6.07, 6.45) is 1.09. The molecule has 1 N–H and O–H groups in total. The summed E-state index contributed by atoms with van der Waals surface area (Å²) in [5, 5.41) is 3.44. The highest BCUT2D eigenvalue weighted by molar-refractivity contribution is 5.75. The Morgan fingerprint density at radius 2 is 1.95 bits per heavy atom. The van der Waals surface area contributed by atoms with E-state index in [-0.39, 0.29) is 0 Å². The second-order valence-corrected chi connectivity index (χ2v) is 5.08. The summed E-state index contributed by atoms with van der Waals surface area (Å²) in [7, 11) is 1.74. The molecule has 3 rings (SSSR count). The molecular weight excluding hydrogens is 234 g/mol. The van der Waals surface area contributed by atoms with Gasteiger partial charge in [0, 0.05) is 12.1 Å². The van der Waals surface area contributed by atoms with Gasteiger partial charge in [-0.05, 0) is 42.6 Å². The van der Waals surface area contributed by atoms with E-state index in [1.165, 1.54) is 27.8 Å². The fraction of sp³-hybridized carbons (Fsp3) is 0.294. The molecule has 1 aliphatic heterocycles. The Morgan fingerprint density at radius 1 is 1.11 bits per heavy atom. The molecule has 1 aliphatic rings. The molecule has 0 aliphatic carbocycles. The lowest BCUT2D eigenvalue weighted by Gasteiger charge is -2.22. The van der Waals surface area contributed by atoms with Gasteiger partial charge in [-0.25, -0.2) is 0 Å². The molecule has 2 heteroatoms. The zero-order valence-corrected chi connectivity index (χ0v) is 11.5. The molecule has 0 fully saturated rings. The van der Waals surface area contributed by atoms with Crippen molar-refractivity contribution in [1.82, 2.24) is 5.32 Å². The number of methoxy groups -OCH3 is 1. The standard InChI is InChI=1S/C17H19NO/c1-12-9-13-11-18-8-7-14(13)16(10-12)15-5-3-4-6-17(15)19-2/h3-6,9-10,18H,7-8,11H2,1-2H3. The van der Waals surface area contributed by atoms with Gasteiger partial charge >= 0.3 is 0 Å². The Bertz CT molecular complexity index is 604. The minimum atomic E-state index is 0.953. The summed E-state index contributed by atoms with van der Waals surface area (Å²) in [5.41, 5.74) is 6.73. The SMILES string of the molecule is COc1ccccc1-c1cc(C)cc2c1CCNC2. The number of benzene rings is 2. The number of rotatable bonds is 2. The van der Waals surface area contributed by atoms with Crippen LogP contribution in [0.25, 0.3) is 11.1 Å². The largest absolute Gasteiger partial charge is 0.496 e. The smallest absolute Gasteiger partial charge is 0.126 e. The predicted octanol–water partition coefficient (Wildman–Crippen LogP) is 3.32. The van der Waals surface area contributed by atoms with E-state index in [2.05, 4.69) is 36.5 Å². The summed E-state index contributed by atoms with van der Waals surface area (Å²) < 4.78 is 5.52. The first kappa shape index (κ1) is 12.2. The lowest BCUT2D eigenvalue weighted by molar-refractivity contribution is 0.416. The van der Waals surface area contributed by atoms with Gasteiger partial charge in [-0.15, -0.1) is 0 Å². The fourth-order valence-electron chi connectivity index (χ4n) is 2.89. The van der Waals surface area contributed by atoms with E-state index in [9.17, 15) is 0 Å². The van der Waals surface area contributed by atoms with Gasteiger partial charge in [-0.1, -0.05) is 35.9 Å². The summed E-state index contributed by atoms with van der Waals surface area (Å²) in [6.45, 7) is 4.19. The first-order valence-corrected chi connectivity index (χ1v) is 6.76. The van der Waals surface area contributed by atoms with Gasteiger partial charge in [-0.3, -0.25) is 0 Å². The number of hydrogen-bond donors (Lipinski definition) is 1. The van der Waals surface area contributed by atoms with Gasteiger partial charge in [0.15, 0.2) is 0 Å². The summed E-state index contributed by atoms with van der Waals surface area (Å²) >= 11 is 0. The number of para-hydroxylation sites is 1. The summed E-state index contributed by atoms with van der Waals surface area (Å²) in [6, 6.07) is 12.9. The maximum absolute atomic E-state index is 5.52. The Kier molecular flexibility index (Phi) is 3.26. The van der Waals surface area contributed by atoms with Crippen LogP contribution in [-0.4, -0.2) is 13.7 Å². The van der Waals surface area contributed by atoms with Gasteiger partial charge in [0.25, 0.3) is 0 Å². The van der Waals surface area contributed by atoms with Crippen LogP contribution >= 0.6 is 0 Å². The molecule has 19 heavy (non-hydrogen) atoms. The lowest BCUT2D eigenvalue weighted by atomic mass is 9.89. The van der Waals surface area contributed by atoms with E-state index in [4.69, 9.17) is 4.74 Å². The zero-order valence-electron chi connectivity index (χ0n) is 11.5. The van der Waals surface area contributed by atoms with Crippen LogP contribution in [-0.2, 0) is 13.0 Å². The summed E-state index contributed by atoms with van der Waals surface area (Å²) in [5.74, 6) is 0.953. The van der Waals surface area contributed by atoms with Crippen molar-refractivity contribution in [3.63, 3.8) is 0 Å². The first-order valence-electron chi connectivity index (χ1n) is 6.76. The molecule has 0 spiro atoms. The van der Waals surface area contributed by atoms with E-state index >= 15 is 0 Å². The van der Waals surface area contributed by atoms with Crippen molar-refractivity contribution in [2.45, 2.75) is 19.9 Å². The van der Waals surface area contributed by atoms with E-state index in [1.807, 2.05) is 12.1 Å². The molecule has 0 bridgehead atoms. The van der Waals surface area contributed by atoms with Gasteiger partial charge in [0.2, 0.25) is 0 Å². The Labute approximate surface area is 114 Å². The highest BCUT2D eigenvalue weighted by Gasteiger charge is 2.16. The Hall–Kier alpha value is -1.80. The number of ether oxygens (including phenoxy) is 1. The number of aryl methyl sites for hydroxylation is 1. The van der Waals surface area contributed by atoms with Crippen LogP contribution in [0.4, 0.5) is 0 Å². The molecule has 0 radical (unpaired) electrons. The third kappa shape index (κ3) is 2.24. The van der Waals surface area contributed by atoms with Crippen LogP contribution in [0.15, 0.2) is 36.4 Å². The average Bonchev–Trinajstić information content (AvgIpc) is 2.46. The van der Waals surface area contributed by atoms with Crippen molar-refractivity contribution in [1.29, 1.82) is 0 Å². The van der Waals surface area contributed by atoms with Crippen LogP contribution in [0.5, 0.6) is 5.75 Å². The first-order chi connectivity index (χ1) is 9.29. The van der Waals surface area contributed by atoms with Crippen molar-refractivity contribution < 1.29 is 4.74 Å². The van der Waals surface area contributed by atoms with Crippen LogP contribution in [0, 0.1) is 6.92 Å². The minimum absolute atomic E-state index is 0.953. The molecule has 0 unspecified atom stereocenters. The third-order valence-electron chi connectivity index (χ3n) is 3.75. The predicted molar refractivity (Wildman–Crippen MR) is 78.6 cm³/mol. The number of fused-ring (bicyclic) bond motifs is 1. The molecule has 2 aromatic carbocycles. The third-order valence-corrected chi connectivity index (χ3v) is 3.75. The number of nitrogens with one attached hydrogen (secondary N) is 1. The molecule has 0 aromatic heterocycles. The van der Waals surface area contributed by atoms with Crippen molar-refractivity contribution >= 4 is 0 Å². The van der Waals surface area contributed by atoms with Gasteiger partial charge < -0.3 is 10.1 Å². The van der Waals surface area contributed by atoms with Crippen molar-refractivity contribution in [3.05, 3.63) is 53.1 Å². The highest BCUT2D eigenvalue weighted by atomic mass is 16.5. The second kappa shape index (κ2) is 5.06. The Morgan fingerprint density at radius 3 is 2.79 bits per heavy atom. The highest BCUT2D eigenvalue weighted by Crippen LogP contribution is 2.35. The van der Waals surface area contributed by atoms with Crippen LogP contribution in [0.2, 0.25) is 0 Å². The van der Waals surface area contributed by atoms with Crippen molar-refractivity contribution in [3.8, 4) is 16.9 Å². The molecular formula is C17H19NO. The topological polar surface area (TPSA) is 21.3 Å². The van der Waals surface area contributed by atoms with E-state index < -0.39 is 0 Å². The van der Waals surface area contributed by atoms with Gasteiger partial charge in [0.1, 0.15) is 5.75 Å². The van der Waals surface area contributed by atoms with Crippen molar-refractivity contribution in [2.24, 2.45) is 0 Å². The van der Waals surface area contributed by atoms with Gasteiger partial charge in [-0.2, -0.15) is 0 Å². The quantitative estimate of drug-likeness (QED) is 0.886. The molecule has 0 atom stereocenters. The molecule has 2 aromatic rings. The minimum Gasteiger partial charge on any atom is -0.496 e. The molecule has 0 amide bonds. The van der Waals surface area contributed by atoms with Gasteiger partial charge in [0.05, 0.1) is 7.11 Å². The average molecular weight is 253 g/mol. The normalized spacial score (nSPS) is 14.0. The summed E-state index contributed by atoms with van der Waals surface area (Å²) in [4.78, 5) is 0. The number of hydrogen-bond acceptors (Lipinski definition) is 2. The maximum atomic E-state index is 5.52. The molecule has 0 saturated carbocycles. The lowest BCUT2D eigenvalue weighted by Crippen LogP contribution is -2.24. The van der Waals surface area contributed by atoms with Crippen molar-refractivity contribution in [2.75, 3.05) is 13.7 Å². The second-order valence-electron chi connectivity index (χ2n) is 5.08. The van der Waals surface area contributed by atoms with Crippen LogP contribution in [0.3, 0.4) is 0 Å². The molecule has 2 nitrogen and oxygen atoms in total. The maximum Gasteiger partial charge on any atom is 0.126 e. The Balaban J connectivity index is 2.21. The van der Waals surface area contributed by atoms with Crippen LogP contribution in [0.1, 0.15) is 16.7 Å². The molecule has 98 valence electrons. The van der Waals surface area contributed by atoms with E-state index in [0.29, 0.717) is 0 Å². The fourth-order valence-corrected chi connectivity index (χ4v) is 2.89. The van der Waals surface area contributed by atoms with E-state index in [1.54, 1.807) is 7.11 Å². The molecule has 0 saturated heterocycles.